The molecule has 4 aromatic rings. The third-order valence-corrected chi connectivity index (χ3v) is 7.40. The standard InChI is InChI=1S/C18H15ClF2IN6PS.C2H6/c1-27-6-5-10(26-27)9-3-4-11(13(7-9)30-2)23-12-8-14(19)24-17-15(12)25-18(16(20)21)28(17)29-22;1-2/h3-8,16,29H,1-2H3,(H,23,24);1-2H3. The molecule has 1 unspecified atom stereocenters. The van der Waals surface area contributed by atoms with Gasteiger partial charge in [-0.2, -0.15) is 5.10 Å². The molecule has 0 aliphatic heterocycles. The van der Waals surface area contributed by atoms with Gasteiger partial charge in [-0.1, -0.05) is 31.5 Å². The first kappa shape index (κ1) is 25.1. The number of nitrogens with one attached hydrogen (secondary N) is 1. The quantitative estimate of drug-likeness (QED) is 0.105. The minimum absolute atomic E-state index is 0.0247. The van der Waals surface area contributed by atoms with Crippen LogP contribution in [0.3, 0.4) is 0 Å². The Morgan fingerprint density at radius 2 is 1.91 bits per heavy atom. The summed E-state index contributed by atoms with van der Waals surface area (Å²) in [5.74, 6) is -0.314. The molecule has 1 aromatic carbocycles. The maximum Gasteiger partial charge on any atom is 0.295 e. The van der Waals surface area contributed by atoms with Gasteiger partial charge in [-0.25, -0.2) is 18.7 Å². The molecule has 32 heavy (non-hydrogen) atoms. The molecule has 1 N–H and O–H groups in total. The van der Waals surface area contributed by atoms with Crippen LogP contribution in [0.25, 0.3) is 22.4 Å². The van der Waals surface area contributed by atoms with E-state index in [0.29, 0.717) is 16.9 Å². The Morgan fingerprint density at radius 1 is 1.16 bits per heavy atom. The minimum Gasteiger partial charge on any atom is -0.353 e. The number of halogens is 4. The molecule has 0 aliphatic rings. The summed E-state index contributed by atoms with van der Waals surface area (Å²) in [6.45, 7) is 4.00. The van der Waals surface area contributed by atoms with E-state index in [-0.39, 0.29) is 17.4 Å². The summed E-state index contributed by atoms with van der Waals surface area (Å²) in [7, 11) is 1.87. The lowest BCUT2D eigenvalue weighted by atomic mass is 10.1. The fourth-order valence-corrected chi connectivity index (χ4v) is 5.70. The molecule has 0 spiro atoms. The van der Waals surface area contributed by atoms with Crippen molar-refractivity contribution in [3.8, 4) is 11.3 Å². The first-order valence-electron chi connectivity index (χ1n) is 9.60. The normalized spacial score (nSPS) is 11.4. The molecular formula is C20H21ClF2IN6PS. The third-order valence-electron chi connectivity index (χ3n) is 4.37. The van der Waals surface area contributed by atoms with Gasteiger partial charge in [-0.05, 0) is 46.5 Å². The predicted octanol–water partition coefficient (Wildman–Crippen LogP) is 7.71. The molecule has 0 bridgehead atoms. The van der Waals surface area contributed by atoms with Gasteiger partial charge < -0.3 is 5.32 Å². The average molecular weight is 609 g/mol. The Labute approximate surface area is 208 Å². The number of hydrogen-bond acceptors (Lipinski definition) is 5. The lowest BCUT2D eigenvalue weighted by Gasteiger charge is -2.13. The number of anilines is 2. The van der Waals surface area contributed by atoms with Gasteiger partial charge in [0.05, 0.1) is 23.4 Å². The van der Waals surface area contributed by atoms with Crippen LogP contribution in [0.5, 0.6) is 0 Å². The Bertz CT molecular complexity index is 1230. The van der Waals surface area contributed by atoms with Crippen LogP contribution in [-0.4, -0.2) is 30.3 Å². The van der Waals surface area contributed by atoms with Gasteiger partial charge in [0, 0.05) is 29.8 Å². The zero-order valence-electron chi connectivity index (χ0n) is 17.7. The molecule has 170 valence electrons. The highest BCUT2D eigenvalue weighted by Crippen LogP contribution is 2.39. The third kappa shape index (κ3) is 5.18. The predicted molar refractivity (Wildman–Crippen MR) is 140 cm³/mol. The van der Waals surface area contributed by atoms with Gasteiger partial charge in [0.1, 0.15) is 10.7 Å². The number of alkyl halides is 2. The zero-order chi connectivity index (χ0) is 23.4. The first-order chi connectivity index (χ1) is 15.4. The minimum atomic E-state index is -2.70. The van der Waals surface area contributed by atoms with Crippen molar-refractivity contribution in [2.24, 2.45) is 7.05 Å². The Hall–Kier alpha value is -1.49. The van der Waals surface area contributed by atoms with E-state index in [0.717, 1.165) is 21.8 Å². The van der Waals surface area contributed by atoms with E-state index in [9.17, 15) is 8.78 Å². The summed E-state index contributed by atoms with van der Waals surface area (Å²) in [6, 6.07) is 9.47. The molecule has 0 radical (unpaired) electrons. The second kappa shape index (κ2) is 11.1. The molecule has 0 aliphatic carbocycles. The number of aromatic nitrogens is 5. The fourth-order valence-electron chi connectivity index (χ4n) is 3.03. The number of hydrogen-bond donors (Lipinski definition) is 1. The molecule has 0 amide bonds. The monoisotopic (exact) mass is 608 g/mol. The topological polar surface area (TPSA) is 60.6 Å². The Kier molecular flexibility index (Phi) is 8.71. The summed E-state index contributed by atoms with van der Waals surface area (Å²) >= 11 is 9.79. The maximum atomic E-state index is 13.5. The van der Waals surface area contributed by atoms with Crippen LogP contribution in [0.15, 0.2) is 41.4 Å². The highest BCUT2D eigenvalue weighted by molar-refractivity contribution is 14.2. The SMILES string of the molecule is CC.CSc1cc(-c2ccn(C)n2)ccc1Nc1cc(Cl)nc2c1nc(C(F)F)n2PI. The van der Waals surface area contributed by atoms with Crippen LogP contribution in [-0.2, 0) is 7.05 Å². The van der Waals surface area contributed by atoms with Crippen LogP contribution in [0.1, 0.15) is 26.1 Å². The van der Waals surface area contributed by atoms with Crippen LogP contribution in [0.4, 0.5) is 20.2 Å². The molecule has 4 rings (SSSR count). The molecule has 1 atom stereocenters. The van der Waals surface area contributed by atoms with Gasteiger partial charge in [0.25, 0.3) is 6.43 Å². The van der Waals surface area contributed by atoms with Gasteiger partial charge >= 0.3 is 0 Å². The average Bonchev–Trinajstić information content (AvgIpc) is 3.39. The van der Waals surface area contributed by atoms with Crippen molar-refractivity contribution in [3.05, 3.63) is 47.5 Å². The number of nitrogens with zero attached hydrogens (tertiary/aromatic N) is 5. The molecule has 0 saturated carbocycles. The van der Waals surface area contributed by atoms with Crippen LogP contribution in [0, 0.1) is 0 Å². The summed E-state index contributed by atoms with van der Waals surface area (Å²) < 4.78 is 30.1. The maximum absolute atomic E-state index is 13.5. The van der Waals surface area contributed by atoms with E-state index in [1.807, 2.05) is 79.7 Å². The number of aryl methyl sites for hydroxylation is 1. The Morgan fingerprint density at radius 3 is 2.50 bits per heavy atom. The molecule has 3 heterocycles. The van der Waals surface area contributed by atoms with Gasteiger partial charge in [0.15, 0.2) is 11.5 Å². The van der Waals surface area contributed by atoms with E-state index in [1.54, 1.807) is 22.5 Å². The fraction of sp³-hybridized carbons (Fsp3) is 0.250. The number of fused-ring (bicyclic) bond motifs is 1. The van der Waals surface area contributed by atoms with E-state index in [1.165, 1.54) is 4.34 Å². The van der Waals surface area contributed by atoms with Crippen molar-refractivity contribution in [1.29, 1.82) is 0 Å². The van der Waals surface area contributed by atoms with Crippen LogP contribution >= 0.6 is 51.8 Å². The van der Waals surface area contributed by atoms with Crippen molar-refractivity contribution < 1.29 is 8.78 Å². The number of rotatable bonds is 6. The lowest BCUT2D eigenvalue weighted by molar-refractivity contribution is 0.140. The molecule has 3 aromatic heterocycles. The lowest BCUT2D eigenvalue weighted by Crippen LogP contribution is -1.96. The van der Waals surface area contributed by atoms with Crippen molar-refractivity contribution in [2.45, 2.75) is 25.2 Å². The summed E-state index contributed by atoms with van der Waals surface area (Å²) in [5.41, 5.74) is 3.90. The van der Waals surface area contributed by atoms with E-state index >= 15 is 0 Å². The van der Waals surface area contributed by atoms with Gasteiger partial charge in [-0.3, -0.25) is 9.02 Å². The highest BCUT2D eigenvalue weighted by Gasteiger charge is 2.22. The molecule has 6 nitrogen and oxygen atoms in total. The van der Waals surface area contributed by atoms with Crippen molar-refractivity contribution >= 4 is 74.3 Å². The van der Waals surface area contributed by atoms with Crippen LogP contribution < -0.4 is 5.32 Å². The van der Waals surface area contributed by atoms with Crippen molar-refractivity contribution in [1.82, 2.24) is 24.1 Å². The second-order valence-corrected chi connectivity index (χ2v) is 9.57. The van der Waals surface area contributed by atoms with E-state index < -0.39 is 6.43 Å². The van der Waals surface area contributed by atoms with Crippen LogP contribution in [0.2, 0.25) is 5.15 Å². The first-order valence-corrected chi connectivity index (χ1v) is 15.3. The zero-order valence-corrected chi connectivity index (χ0v) is 22.4. The number of pyridine rings is 1. The van der Waals surface area contributed by atoms with Gasteiger partial charge in [-0.15, -0.1) is 11.8 Å². The largest absolute Gasteiger partial charge is 0.353 e. The molecule has 0 saturated heterocycles. The van der Waals surface area contributed by atoms with Gasteiger partial charge in [0.2, 0.25) is 0 Å². The van der Waals surface area contributed by atoms with Crippen molar-refractivity contribution in [3.63, 3.8) is 0 Å². The Balaban J connectivity index is 0.00000141. The second-order valence-electron chi connectivity index (χ2n) is 6.27. The van der Waals surface area contributed by atoms with E-state index in [4.69, 9.17) is 11.6 Å². The number of thioether (sulfide) groups is 1. The summed E-state index contributed by atoms with van der Waals surface area (Å²) in [6.07, 6.45) is 1.18. The highest BCUT2D eigenvalue weighted by atomic mass is 127. The number of imidazole rings is 1. The van der Waals surface area contributed by atoms with Crippen molar-refractivity contribution in [2.75, 3.05) is 11.6 Å². The molecule has 0 fully saturated rings. The summed E-state index contributed by atoms with van der Waals surface area (Å²) in [4.78, 5) is 9.36. The molecular weight excluding hydrogens is 588 g/mol. The summed E-state index contributed by atoms with van der Waals surface area (Å²) in [5, 5.41) is 7.95. The smallest absolute Gasteiger partial charge is 0.295 e. The molecule has 12 heteroatoms. The van der Waals surface area contributed by atoms with E-state index in [2.05, 4.69) is 20.4 Å². The number of benzene rings is 1.